The van der Waals surface area contributed by atoms with Crippen LogP contribution in [0, 0.1) is 0 Å². The molecule has 0 unspecified atom stereocenters. The summed E-state index contributed by atoms with van der Waals surface area (Å²) in [7, 11) is 0. The van der Waals surface area contributed by atoms with Gasteiger partial charge in [-0.25, -0.2) is 0 Å². The van der Waals surface area contributed by atoms with E-state index in [9.17, 15) is 39.6 Å². The van der Waals surface area contributed by atoms with E-state index in [4.69, 9.17) is 4.11 Å². The molecule has 0 aliphatic carbocycles. The quantitative estimate of drug-likeness (QED) is 0.171. The fourth-order valence-electron chi connectivity index (χ4n) is 3.61. The molecule has 3 rings (SSSR count). The van der Waals surface area contributed by atoms with Crippen molar-refractivity contribution in [2.45, 2.75) is 16.8 Å². The first-order valence-corrected chi connectivity index (χ1v) is 10.9. The molecular weight excluding hydrogens is 520 g/mol. The number of halogens is 1. The first-order chi connectivity index (χ1) is 17.8. The number of rotatable bonds is 10. The molecule has 180 valence electrons. The summed E-state index contributed by atoms with van der Waals surface area (Å²) in [5, 5.41) is 45.6. The number of ketones is 3. The van der Waals surface area contributed by atoms with Crippen molar-refractivity contribution in [1.82, 2.24) is 0 Å². The Morgan fingerprint density at radius 3 is 1.46 bits per heavy atom. The molecule has 8 nitrogen and oxygen atoms in total. The van der Waals surface area contributed by atoms with Crippen molar-refractivity contribution in [2.75, 3.05) is 6.61 Å². The van der Waals surface area contributed by atoms with E-state index < -0.39 is 80.3 Å². The molecule has 3 aromatic carbocycles. The van der Waals surface area contributed by atoms with E-state index in [0.717, 1.165) is 36.4 Å². The lowest BCUT2D eigenvalue weighted by Gasteiger charge is -2.47. The molecule has 0 saturated carbocycles. The number of hydrogen-bond donors (Lipinski definition) is 4. The van der Waals surface area contributed by atoms with Crippen molar-refractivity contribution in [3.63, 3.8) is 0 Å². The Bertz CT molecular complexity index is 1450. The van der Waals surface area contributed by atoms with Crippen LogP contribution in [0.4, 0.5) is 0 Å². The summed E-state index contributed by atoms with van der Waals surface area (Å²) in [5.74, 6) is -5.27. The van der Waals surface area contributed by atoms with Crippen LogP contribution >= 0.6 is 15.9 Å². The summed E-state index contributed by atoms with van der Waals surface area (Å²) < 4.78 is 22.3. The van der Waals surface area contributed by atoms with E-state index in [1.54, 1.807) is 0 Å². The lowest BCUT2D eigenvalue weighted by molar-refractivity contribution is -0.189. The zero-order chi connectivity index (χ0) is 28.5. The number of Topliss-reactive ketones (excluding diaryl/α,β-unsaturated/α-hetero) is 3. The molecule has 0 heterocycles. The molecule has 0 saturated heterocycles. The van der Waals surface area contributed by atoms with Gasteiger partial charge in [0, 0.05) is 16.7 Å². The highest BCUT2D eigenvalue weighted by Gasteiger charge is 2.74. The van der Waals surface area contributed by atoms with Gasteiger partial charge in [0.25, 0.3) is 0 Å². The van der Waals surface area contributed by atoms with E-state index in [2.05, 4.69) is 15.9 Å². The maximum atomic E-state index is 13.9. The predicted octanol–water partition coefficient (Wildman–Crippen LogP) is 1.74. The van der Waals surface area contributed by atoms with E-state index in [1.807, 2.05) is 0 Å². The average molecular weight is 544 g/mol. The fraction of sp³-hybridized carbons (Fsp3) is 0.154. The molecule has 0 amide bonds. The molecule has 0 spiro atoms. The number of aliphatic hydroxyl groups is 4. The van der Waals surface area contributed by atoms with Gasteiger partial charge in [-0.15, -0.1) is 0 Å². The van der Waals surface area contributed by atoms with Crippen molar-refractivity contribution in [1.29, 1.82) is 0 Å². The smallest absolute Gasteiger partial charge is 0.241 e. The van der Waals surface area contributed by atoms with Crippen LogP contribution in [0.25, 0.3) is 0 Å². The third-order valence-electron chi connectivity index (χ3n) is 5.53. The maximum absolute atomic E-state index is 13.9. The Morgan fingerprint density at radius 2 is 1.09 bits per heavy atom. The molecule has 0 bridgehead atoms. The fourth-order valence-corrected chi connectivity index (χ4v) is 4.08. The summed E-state index contributed by atoms with van der Waals surface area (Å²) in [6, 6.07) is 12.4. The van der Waals surface area contributed by atoms with Gasteiger partial charge < -0.3 is 20.4 Å². The maximum Gasteiger partial charge on any atom is 0.241 e. The van der Waals surface area contributed by atoms with Crippen LogP contribution in [-0.2, 0) is 4.79 Å². The van der Waals surface area contributed by atoms with E-state index in [1.165, 1.54) is 36.4 Å². The van der Waals surface area contributed by atoms with E-state index in [0.29, 0.717) is 0 Å². The highest BCUT2D eigenvalue weighted by molar-refractivity contribution is 9.18. The molecule has 3 atom stereocenters. The van der Waals surface area contributed by atoms with Gasteiger partial charge in [0.1, 0.15) is 0 Å². The molecule has 0 fully saturated rings. The second kappa shape index (κ2) is 10.1. The minimum Gasteiger partial charge on any atom is -0.393 e. The predicted molar refractivity (Wildman–Crippen MR) is 128 cm³/mol. The number of aliphatic hydroxyl groups excluding tert-OH is 1. The van der Waals surface area contributed by atoms with Gasteiger partial charge in [0.05, 0.1) is 10.7 Å². The van der Waals surface area contributed by atoms with Crippen molar-refractivity contribution >= 4 is 38.0 Å². The highest BCUT2D eigenvalue weighted by Crippen LogP contribution is 2.42. The largest absolute Gasteiger partial charge is 0.393 e. The SMILES string of the molecule is [2H]c1ccccc1C(=O)[C@](O)(C(=O)Br)[C@@](O)(C(=O)c1ccccc1[2H])[C@](O)(CO)C(=O)c1ccccc1[2H]. The zero-order valence-electron chi connectivity index (χ0n) is 20.9. The molecule has 0 radical (unpaired) electrons. The summed E-state index contributed by atoms with van der Waals surface area (Å²) >= 11 is 2.39. The first-order valence-electron chi connectivity index (χ1n) is 11.6. The second-order valence-electron chi connectivity index (χ2n) is 7.53. The van der Waals surface area contributed by atoms with Crippen molar-refractivity contribution in [3.8, 4) is 0 Å². The van der Waals surface area contributed by atoms with Gasteiger partial charge in [0.15, 0.2) is 11.4 Å². The Balaban J connectivity index is 2.46. The molecule has 9 heteroatoms. The van der Waals surface area contributed by atoms with Crippen LogP contribution in [0.2, 0.25) is 0 Å². The molecule has 3 aromatic rings. The molecule has 0 aliphatic rings. The van der Waals surface area contributed by atoms with Crippen LogP contribution < -0.4 is 0 Å². The number of hydrogen-bond acceptors (Lipinski definition) is 8. The van der Waals surface area contributed by atoms with E-state index >= 15 is 0 Å². The van der Waals surface area contributed by atoms with Gasteiger partial charge in [-0.1, -0.05) is 90.9 Å². The Kier molecular flexibility index (Phi) is 6.39. The van der Waals surface area contributed by atoms with Crippen LogP contribution in [0.15, 0.2) is 90.9 Å². The minimum absolute atomic E-state index is 0.517. The molecular formula is C26H21BrO8. The standard InChI is InChI=1S/C26H21BrO8/c27-23(32)25(34,21(30)18-12-6-2-7-13-18)26(35,22(31)19-14-8-3-9-15-19)24(33,16-28)20(29)17-10-4-1-5-11-17/h1-15,28,33-35H,16H2/t24-,25-,26+/m0/s1/i10D,12D,14D. The second-order valence-corrected chi connectivity index (χ2v) is 8.25. The first kappa shape index (κ1) is 22.1. The average Bonchev–Trinajstić information content (AvgIpc) is 2.91. The van der Waals surface area contributed by atoms with Crippen molar-refractivity contribution in [3.05, 3.63) is 108 Å². The topological polar surface area (TPSA) is 149 Å². The summed E-state index contributed by atoms with van der Waals surface area (Å²) in [5.41, 5.74) is -14.1. The lowest BCUT2D eigenvalue weighted by Crippen LogP contribution is -2.79. The Labute approximate surface area is 212 Å². The normalized spacial score (nSPS) is 17.5. The summed E-state index contributed by atoms with van der Waals surface area (Å²) in [6.07, 6.45) is 0. The number of carbonyl (C=O) groups excluding carboxylic acids is 4. The van der Waals surface area contributed by atoms with Crippen molar-refractivity contribution < 1.29 is 43.7 Å². The monoisotopic (exact) mass is 543 g/mol. The number of carbonyl (C=O) groups is 4. The van der Waals surface area contributed by atoms with Crippen molar-refractivity contribution in [2.24, 2.45) is 0 Å². The summed E-state index contributed by atoms with van der Waals surface area (Å²) in [4.78, 5) is 54.1. The van der Waals surface area contributed by atoms with Crippen LogP contribution in [0.1, 0.15) is 35.2 Å². The van der Waals surface area contributed by atoms with Gasteiger partial charge in [0.2, 0.25) is 27.5 Å². The molecule has 4 N–H and O–H groups in total. The molecule has 0 aliphatic heterocycles. The molecule has 35 heavy (non-hydrogen) atoms. The zero-order valence-corrected chi connectivity index (χ0v) is 19.5. The van der Waals surface area contributed by atoms with Gasteiger partial charge in [-0.3, -0.25) is 19.2 Å². The van der Waals surface area contributed by atoms with Crippen LogP contribution in [-0.4, -0.2) is 65.9 Å². The Hall–Kier alpha value is -3.34. The Morgan fingerprint density at radius 1 is 0.686 bits per heavy atom. The van der Waals surface area contributed by atoms with Crippen LogP contribution in [0.5, 0.6) is 0 Å². The summed E-state index contributed by atoms with van der Waals surface area (Å²) in [6.45, 7) is -1.82. The van der Waals surface area contributed by atoms with Gasteiger partial charge in [-0.2, -0.15) is 0 Å². The van der Waals surface area contributed by atoms with E-state index in [-0.39, 0.29) is 0 Å². The van der Waals surface area contributed by atoms with Gasteiger partial charge >= 0.3 is 0 Å². The van der Waals surface area contributed by atoms with Gasteiger partial charge in [-0.05, 0) is 15.9 Å². The molecule has 0 aromatic heterocycles. The lowest BCUT2D eigenvalue weighted by atomic mass is 9.63. The third kappa shape index (κ3) is 4.18. The number of benzene rings is 3. The third-order valence-corrected chi connectivity index (χ3v) is 6.10. The minimum atomic E-state index is -4.19. The highest BCUT2D eigenvalue weighted by atomic mass is 79.9. The van der Waals surface area contributed by atoms with Crippen LogP contribution in [0.3, 0.4) is 0 Å².